The third-order valence-corrected chi connectivity index (χ3v) is 3.03. The van der Waals surface area contributed by atoms with Crippen molar-refractivity contribution in [2.24, 2.45) is 0 Å². The summed E-state index contributed by atoms with van der Waals surface area (Å²) >= 11 is 0. The minimum atomic E-state index is -0.209. The van der Waals surface area contributed by atoms with Gasteiger partial charge in [0.1, 0.15) is 11.5 Å². The van der Waals surface area contributed by atoms with Gasteiger partial charge in [-0.2, -0.15) is 0 Å². The molecule has 0 unspecified atom stereocenters. The second-order valence-electron chi connectivity index (χ2n) is 4.73. The number of rotatable bonds is 7. The molecular formula is C18H21NO3. The van der Waals surface area contributed by atoms with Gasteiger partial charge in [0.05, 0.1) is 24.5 Å². The van der Waals surface area contributed by atoms with E-state index in [1.54, 1.807) is 12.1 Å². The van der Waals surface area contributed by atoms with Crippen LogP contribution in [0.15, 0.2) is 48.5 Å². The molecule has 1 N–H and O–H groups in total. The van der Waals surface area contributed by atoms with Crippen molar-refractivity contribution in [2.45, 2.75) is 20.3 Å². The Labute approximate surface area is 131 Å². The van der Waals surface area contributed by atoms with E-state index in [1.807, 2.05) is 50.2 Å². The molecule has 116 valence electrons. The highest BCUT2D eigenvalue weighted by Crippen LogP contribution is 2.26. The van der Waals surface area contributed by atoms with E-state index in [1.165, 1.54) is 0 Å². The zero-order chi connectivity index (χ0) is 15.8. The maximum Gasteiger partial charge on any atom is 0.259 e. The van der Waals surface area contributed by atoms with Gasteiger partial charge in [-0.15, -0.1) is 0 Å². The molecule has 0 aliphatic carbocycles. The maximum atomic E-state index is 12.5. The van der Waals surface area contributed by atoms with Crippen molar-refractivity contribution in [3.05, 3.63) is 54.1 Å². The Morgan fingerprint density at radius 2 is 1.64 bits per heavy atom. The monoisotopic (exact) mass is 299 g/mol. The van der Waals surface area contributed by atoms with Crippen molar-refractivity contribution in [1.82, 2.24) is 0 Å². The molecule has 1 amide bonds. The minimum absolute atomic E-state index is 0.209. The van der Waals surface area contributed by atoms with Crippen LogP contribution < -0.4 is 14.8 Å². The van der Waals surface area contributed by atoms with Crippen LogP contribution in [0.5, 0.6) is 11.5 Å². The molecule has 0 saturated heterocycles. The molecular weight excluding hydrogens is 278 g/mol. The summed E-state index contributed by atoms with van der Waals surface area (Å²) in [6.07, 6.45) is 0.892. The lowest BCUT2D eigenvalue weighted by atomic mass is 10.1. The topological polar surface area (TPSA) is 47.6 Å². The summed E-state index contributed by atoms with van der Waals surface area (Å²) in [5, 5.41) is 2.88. The summed E-state index contributed by atoms with van der Waals surface area (Å²) in [5.41, 5.74) is 1.17. The third-order valence-electron chi connectivity index (χ3n) is 3.03. The van der Waals surface area contributed by atoms with Gasteiger partial charge in [0.15, 0.2) is 0 Å². The molecule has 0 aromatic heterocycles. The number of para-hydroxylation sites is 3. The molecule has 2 rings (SSSR count). The molecule has 0 atom stereocenters. The number of carbonyl (C=O) groups excluding carboxylic acids is 1. The molecule has 4 heteroatoms. The predicted molar refractivity (Wildman–Crippen MR) is 87.8 cm³/mol. The number of nitrogens with one attached hydrogen (secondary N) is 1. The summed E-state index contributed by atoms with van der Waals surface area (Å²) in [7, 11) is 0. The zero-order valence-corrected chi connectivity index (χ0v) is 13.0. The Kier molecular flexibility index (Phi) is 5.83. The van der Waals surface area contributed by atoms with Crippen LogP contribution in [0.4, 0.5) is 5.69 Å². The van der Waals surface area contributed by atoms with Crippen LogP contribution in [0, 0.1) is 0 Å². The van der Waals surface area contributed by atoms with Crippen LogP contribution in [0.1, 0.15) is 30.6 Å². The first-order chi connectivity index (χ1) is 10.8. The number of amides is 1. The number of anilines is 1. The molecule has 0 spiro atoms. The smallest absolute Gasteiger partial charge is 0.259 e. The number of carbonyl (C=O) groups is 1. The summed E-state index contributed by atoms with van der Waals surface area (Å²) in [4.78, 5) is 12.5. The highest BCUT2D eigenvalue weighted by Gasteiger charge is 2.14. The van der Waals surface area contributed by atoms with Gasteiger partial charge < -0.3 is 14.8 Å². The van der Waals surface area contributed by atoms with Gasteiger partial charge in [-0.05, 0) is 37.6 Å². The normalized spacial score (nSPS) is 10.1. The molecule has 4 nitrogen and oxygen atoms in total. The molecule has 2 aromatic rings. The average molecular weight is 299 g/mol. The standard InChI is InChI=1S/C18H21NO3/c1-3-13-22-16-11-7-5-9-14(16)18(20)19-15-10-6-8-12-17(15)21-4-2/h5-12H,3-4,13H2,1-2H3,(H,19,20). The predicted octanol–water partition coefficient (Wildman–Crippen LogP) is 4.13. The number of hydrogen-bond acceptors (Lipinski definition) is 3. The van der Waals surface area contributed by atoms with E-state index >= 15 is 0 Å². The van der Waals surface area contributed by atoms with E-state index in [0.29, 0.717) is 36.0 Å². The molecule has 2 aromatic carbocycles. The summed E-state index contributed by atoms with van der Waals surface area (Å²) in [6.45, 7) is 5.07. The third kappa shape index (κ3) is 4.01. The molecule has 0 aliphatic rings. The summed E-state index contributed by atoms with van der Waals surface area (Å²) < 4.78 is 11.2. The fraction of sp³-hybridized carbons (Fsp3) is 0.278. The first kappa shape index (κ1) is 15.9. The maximum absolute atomic E-state index is 12.5. The number of benzene rings is 2. The van der Waals surface area contributed by atoms with E-state index in [9.17, 15) is 4.79 Å². The van der Waals surface area contributed by atoms with Gasteiger partial charge in [-0.1, -0.05) is 31.2 Å². The van der Waals surface area contributed by atoms with Gasteiger partial charge >= 0.3 is 0 Å². The quantitative estimate of drug-likeness (QED) is 0.836. The average Bonchev–Trinajstić information content (AvgIpc) is 2.55. The van der Waals surface area contributed by atoms with Crippen molar-refractivity contribution in [1.29, 1.82) is 0 Å². The van der Waals surface area contributed by atoms with E-state index in [0.717, 1.165) is 6.42 Å². The lowest BCUT2D eigenvalue weighted by Gasteiger charge is -2.13. The minimum Gasteiger partial charge on any atom is -0.493 e. The Morgan fingerprint density at radius 3 is 2.36 bits per heavy atom. The number of ether oxygens (including phenoxy) is 2. The Hall–Kier alpha value is -2.49. The van der Waals surface area contributed by atoms with Crippen molar-refractivity contribution in [2.75, 3.05) is 18.5 Å². The first-order valence-electron chi connectivity index (χ1n) is 7.51. The largest absolute Gasteiger partial charge is 0.493 e. The second-order valence-corrected chi connectivity index (χ2v) is 4.73. The lowest BCUT2D eigenvalue weighted by molar-refractivity contribution is 0.102. The van der Waals surface area contributed by atoms with Gasteiger partial charge in [0.2, 0.25) is 0 Å². The van der Waals surface area contributed by atoms with Crippen molar-refractivity contribution in [3.8, 4) is 11.5 Å². The van der Waals surface area contributed by atoms with Gasteiger partial charge in [-0.25, -0.2) is 0 Å². The molecule has 0 heterocycles. The van der Waals surface area contributed by atoms with Crippen molar-refractivity contribution < 1.29 is 14.3 Å². The molecule has 0 saturated carbocycles. The molecule has 0 radical (unpaired) electrons. The van der Waals surface area contributed by atoms with E-state index in [4.69, 9.17) is 9.47 Å². The van der Waals surface area contributed by atoms with Gasteiger partial charge in [0, 0.05) is 0 Å². The zero-order valence-electron chi connectivity index (χ0n) is 13.0. The van der Waals surface area contributed by atoms with Crippen LogP contribution >= 0.6 is 0 Å². The Balaban J connectivity index is 2.19. The van der Waals surface area contributed by atoms with Crippen LogP contribution in [-0.2, 0) is 0 Å². The van der Waals surface area contributed by atoms with E-state index in [2.05, 4.69) is 5.32 Å². The van der Waals surface area contributed by atoms with Crippen LogP contribution in [-0.4, -0.2) is 19.1 Å². The van der Waals surface area contributed by atoms with Crippen molar-refractivity contribution >= 4 is 11.6 Å². The van der Waals surface area contributed by atoms with Gasteiger partial charge in [-0.3, -0.25) is 4.79 Å². The van der Waals surface area contributed by atoms with Crippen LogP contribution in [0.25, 0.3) is 0 Å². The molecule has 0 aliphatic heterocycles. The Bertz CT molecular complexity index is 625. The summed E-state index contributed by atoms with van der Waals surface area (Å²) in [5.74, 6) is 1.04. The molecule has 0 fully saturated rings. The molecule has 22 heavy (non-hydrogen) atoms. The SMILES string of the molecule is CCCOc1ccccc1C(=O)Nc1ccccc1OCC. The first-order valence-corrected chi connectivity index (χ1v) is 7.51. The highest BCUT2D eigenvalue weighted by molar-refractivity contribution is 6.06. The Morgan fingerprint density at radius 1 is 0.955 bits per heavy atom. The van der Waals surface area contributed by atoms with Crippen LogP contribution in [0.2, 0.25) is 0 Å². The van der Waals surface area contributed by atoms with Crippen molar-refractivity contribution in [3.63, 3.8) is 0 Å². The van der Waals surface area contributed by atoms with Crippen LogP contribution in [0.3, 0.4) is 0 Å². The van der Waals surface area contributed by atoms with Gasteiger partial charge in [0.25, 0.3) is 5.91 Å². The van der Waals surface area contributed by atoms with E-state index < -0.39 is 0 Å². The fourth-order valence-electron chi connectivity index (χ4n) is 2.03. The molecule has 0 bridgehead atoms. The number of hydrogen-bond donors (Lipinski definition) is 1. The highest BCUT2D eigenvalue weighted by atomic mass is 16.5. The lowest BCUT2D eigenvalue weighted by Crippen LogP contribution is -2.14. The fourth-order valence-corrected chi connectivity index (χ4v) is 2.03. The second kappa shape index (κ2) is 8.08. The van der Waals surface area contributed by atoms with E-state index in [-0.39, 0.29) is 5.91 Å². The summed E-state index contributed by atoms with van der Waals surface area (Å²) in [6, 6.07) is 14.6.